The van der Waals surface area contributed by atoms with Gasteiger partial charge in [0.1, 0.15) is 5.69 Å². The Morgan fingerprint density at radius 1 is 1.29 bits per heavy atom. The Morgan fingerprint density at radius 3 is 2.59 bits per heavy atom. The zero-order valence-corrected chi connectivity index (χ0v) is 10.4. The SMILES string of the molecule is C=CCNC(=C)c1nc2c(nc1C)CCCC2. The summed E-state index contributed by atoms with van der Waals surface area (Å²) < 4.78 is 0. The highest BCUT2D eigenvalue weighted by atomic mass is 14.9. The van der Waals surface area contributed by atoms with E-state index >= 15 is 0 Å². The Labute approximate surface area is 103 Å². The summed E-state index contributed by atoms with van der Waals surface area (Å²) in [5.74, 6) is 0. The van der Waals surface area contributed by atoms with Crippen LogP contribution in [0.1, 0.15) is 35.6 Å². The van der Waals surface area contributed by atoms with E-state index < -0.39 is 0 Å². The molecule has 1 aromatic rings. The molecule has 0 saturated carbocycles. The maximum atomic E-state index is 4.71. The van der Waals surface area contributed by atoms with Crippen LogP contribution < -0.4 is 5.32 Å². The third-order valence-electron chi connectivity index (χ3n) is 3.05. The highest BCUT2D eigenvalue weighted by Crippen LogP contribution is 2.21. The van der Waals surface area contributed by atoms with Gasteiger partial charge in [0.2, 0.25) is 0 Å². The van der Waals surface area contributed by atoms with Gasteiger partial charge in [-0.05, 0) is 32.6 Å². The molecule has 0 spiro atoms. The lowest BCUT2D eigenvalue weighted by Crippen LogP contribution is -2.17. The Balaban J connectivity index is 2.28. The molecule has 0 bridgehead atoms. The number of hydrogen-bond acceptors (Lipinski definition) is 3. The fraction of sp³-hybridized carbons (Fsp3) is 0.429. The molecule has 0 amide bonds. The zero-order valence-electron chi connectivity index (χ0n) is 10.4. The molecule has 90 valence electrons. The van der Waals surface area contributed by atoms with E-state index in [1.165, 1.54) is 18.5 Å². The predicted molar refractivity (Wildman–Crippen MR) is 70.6 cm³/mol. The number of fused-ring (bicyclic) bond motifs is 1. The van der Waals surface area contributed by atoms with Crippen LogP contribution >= 0.6 is 0 Å². The summed E-state index contributed by atoms with van der Waals surface area (Å²) in [6, 6.07) is 0. The maximum Gasteiger partial charge on any atom is 0.107 e. The Hall–Kier alpha value is -1.64. The van der Waals surface area contributed by atoms with Crippen molar-refractivity contribution in [2.45, 2.75) is 32.6 Å². The van der Waals surface area contributed by atoms with Gasteiger partial charge in [-0.2, -0.15) is 0 Å². The number of nitrogens with one attached hydrogen (secondary N) is 1. The highest BCUT2D eigenvalue weighted by Gasteiger charge is 2.15. The van der Waals surface area contributed by atoms with Gasteiger partial charge < -0.3 is 5.32 Å². The van der Waals surface area contributed by atoms with Crippen molar-refractivity contribution in [1.82, 2.24) is 15.3 Å². The van der Waals surface area contributed by atoms with Gasteiger partial charge in [0, 0.05) is 6.54 Å². The number of aromatic nitrogens is 2. The van der Waals surface area contributed by atoms with Gasteiger partial charge in [-0.25, -0.2) is 4.98 Å². The summed E-state index contributed by atoms with van der Waals surface area (Å²) in [7, 11) is 0. The van der Waals surface area contributed by atoms with Gasteiger partial charge in [0.25, 0.3) is 0 Å². The minimum atomic E-state index is 0.705. The maximum absolute atomic E-state index is 4.71. The van der Waals surface area contributed by atoms with Gasteiger partial charge in [-0.15, -0.1) is 6.58 Å². The first-order chi connectivity index (χ1) is 8.22. The number of nitrogens with zero attached hydrogens (tertiary/aromatic N) is 2. The molecule has 17 heavy (non-hydrogen) atoms. The van der Waals surface area contributed by atoms with Gasteiger partial charge in [0.15, 0.2) is 0 Å². The molecule has 0 saturated heterocycles. The minimum absolute atomic E-state index is 0.705. The van der Waals surface area contributed by atoms with E-state index in [4.69, 9.17) is 4.98 Å². The first kappa shape index (κ1) is 11.8. The first-order valence-electron chi connectivity index (χ1n) is 6.13. The summed E-state index contributed by atoms with van der Waals surface area (Å²) in [5, 5.41) is 3.18. The molecule has 1 aliphatic carbocycles. The standard InChI is InChI=1S/C14H19N3/c1-4-9-15-10(2)14-11(3)16-12-7-5-6-8-13(12)17-14/h4,15H,1-2,5-9H2,3H3. The van der Waals surface area contributed by atoms with Crippen LogP contribution in [0, 0.1) is 6.92 Å². The molecule has 0 unspecified atom stereocenters. The van der Waals surface area contributed by atoms with E-state index in [9.17, 15) is 0 Å². The van der Waals surface area contributed by atoms with E-state index in [1.807, 2.05) is 13.0 Å². The van der Waals surface area contributed by atoms with Gasteiger partial charge in [0.05, 0.1) is 22.8 Å². The van der Waals surface area contributed by atoms with E-state index in [-0.39, 0.29) is 0 Å². The van der Waals surface area contributed by atoms with Crippen LogP contribution in [0.4, 0.5) is 0 Å². The molecular weight excluding hydrogens is 210 g/mol. The first-order valence-corrected chi connectivity index (χ1v) is 6.13. The predicted octanol–water partition coefficient (Wildman–Crippen LogP) is 2.41. The lowest BCUT2D eigenvalue weighted by Gasteiger charge is -2.17. The summed E-state index contributed by atoms with van der Waals surface area (Å²) in [6.07, 6.45) is 6.37. The van der Waals surface area contributed by atoms with Crippen LogP contribution in [-0.4, -0.2) is 16.5 Å². The second kappa shape index (κ2) is 5.13. The van der Waals surface area contributed by atoms with Crippen molar-refractivity contribution in [3.05, 3.63) is 42.0 Å². The second-order valence-corrected chi connectivity index (χ2v) is 4.41. The van der Waals surface area contributed by atoms with Crippen molar-refractivity contribution < 1.29 is 0 Å². The lowest BCUT2D eigenvalue weighted by molar-refractivity contribution is 0.643. The van der Waals surface area contributed by atoms with Crippen molar-refractivity contribution in [3.63, 3.8) is 0 Å². The van der Waals surface area contributed by atoms with Crippen molar-refractivity contribution in [1.29, 1.82) is 0 Å². The monoisotopic (exact) mass is 229 g/mol. The molecule has 0 aliphatic heterocycles. The Kier molecular flexibility index (Phi) is 3.57. The molecule has 0 atom stereocenters. The molecule has 1 aromatic heterocycles. The van der Waals surface area contributed by atoms with Crippen LogP contribution in [-0.2, 0) is 12.8 Å². The van der Waals surface area contributed by atoms with Crippen LogP contribution in [0.2, 0.25) is 0 Å². The molecule has 1 aliphatic rings. The summed E-state index contributed by atoms with van der Waals surface area (Å²) >= 11 is 0. The average Bonchev–Trinajstić information content (AvgIpc) is 2.35. The van der Waals surface area contributed by atoms with Crippen LogP contribution in [0.5, 0.6) is 0 Å². The molecule has 2 rings (SSSR count). The molecule has 1 N–H and O–H groups in total. The normalized spacial score (nSPS) is 13.9. The van der Waals surface area contributed by atoms with Crippen LogP contribution in [0.25, 0.3) is 5.70 Å². The topological polar surface area (TPSA) is 37.8 Å². The molecule has 3 heteroatoms. The van der Waals surface area contributed by atoms with Crippen molar-refractivity contribution in [2.24, 2.45) is 0 Å². The Bertz CT molecular complexity index is 449. The highest BCUT2D eigenvalue weighted by molar-refractivity contribution is 5.60. The number of rotatable bonds is 4. The Morgan fingerprint density at radius 2 is 1.94 bits per heavy atom. The number of hydrogen-bond donors (Lipinski definition) is 1. The van der Waals surface area contributed by atoms with Crippen LogP contribution in [0.3, 0.4) is 0 Å². The van der Waals surface area contributed by atoms with Gasteiger partial charge in [-0.3, -0.25) is 4.98 Å². The molecule has 0 radical (unpaired) electrons. The molecule has 1 heterocycles. The minimum Gasteiger partial charge on any atom is -0.380 e. The third-order valence-corrected chi connectivity index (χ3v) is 3.05. The van der Waals surface area contributed by atoms with Crippen molar-refractivity contribution in [3.8, 4) is 0 Å². The van der Waals surface area contributed by atoms with E-state index in [0.717, 1.165) is 35.6 Å². The average molecular weight is 229 g/mol. The van der Waals surface area contributed by atoms with Gasteiger partial charge in [-0.1, -0.05) is 12.7 Å². The zero-order chi connectivity index (χ0) is 12.3. The van der Waals surface area contributed by atoms with Crippen molar-refractivity contribution in [2.75, 3.05) is 6.54 Å². The second-order valence-electron chi connectivity index (χ2n) is 4.41. The summed E-state index contributed by atoms with van der Waals surface area (Å²) in [6.45, 7) is 10.4. The van der Waals surface area contributed by atoms with Crippen LogP contribution in [0.15, 0.2) is 19.2 Å². The van der Waals surface area contributed by atoms with E-state index in [2.05, 4.69) is 23.5 Å². The smallest absolute Gasteiger partial charge is 0.107 e. The molecule has 0 fully saturated rings. The van der Waals surface area contributed by atoms with Gasteiger partial charge >= 0.3 is 0 Å². The summed E-state index contributed by atoms with van der Waals surface area (Å²) in [5.41, 5.74) is 5.02. The molecule has 3 nitrogen and oxygen atoms in total. The number of aryl methyl sites for hydroxylation is 3. The fourth-order valence-electron chi connectivity index (χ4n) is 2.15. The molecule has 0 aromatic carbocycles. The van der Waals surface area contributed by atoms with Crippen molar-refractivity contribution >= 4 is 5.70 Å². The molecular formula is C14H19N3. The van der Waals surface area contributed by atoms with E-state index in [0.29, 0.717) is 6.54 Å². The summed E-state index contributed by atoms with van der Waals surface area (Å²) in [4.78, 5) is 9.36. The van der Waals surface area contributed by atoms with E-state index in [1.54, 1.807) is 0 Å². The fourth-order valence-corrected chi connectivity index (χ4v) is 2.15. The largest absolute Gasteiger partial charge is 0.380 e. The third kappa shape index (κ3) is 2.54. The lowest BCUT2D eigenvalue weighted by atomic mass is 10.00. The quantitative estimate of drug-likeness (QED) is 0.806.